The van der Waals surface area contributed by atoms with Crippen LogP contribution in [0, 0.1) is 5.92 Å². The molecule has 2 N–H and O–H groups in total. The number of carbonyl (C=O) groups excluding carboxylic acids is 6. The van der Waals surface area contributed by atoms with Crippen LogP contribution in [-0.4, -0.2) is 59.7 Å². The van der Waals surface area contributed by atoms with Gasteiger partial charge < -0.3 is 20.1 Å². The molecule has 0 radical (unpaired) electrons. The van der Waals surface area contributed by atoms with Crippen LogP contribution >= 0.6 is 46.4 Å². The molecule has 0 saturated heterocycles. The van der Waals surface area contributed by atoms with Gasteiger partial charge in [-0.1, -0.05) is 72.4 Å². The summed E-state index contributed by atoms with van der Waals surface area (Å²) in [5, 5.41) is 5.59. The van der Waals surface area contributed by atoms with Crippen molar-refractivity contribution in [3.63, 3.8) is 0 Å². The third-order valence-corrected chi connectivity index (χ3v) is 8.20. The average Bonchev–Trinajstić information content (AvgIpc) is 3.26. The van der Waals surface area contributed by atoms with E-state index in [1.807, 2.05) is 0 Å². The van der Waals surface area contributed by atoms with Crippen LogP contribution in [0.4, 0.5) is 11.4 Å². The normalized spacial score (nSPS) is 12.9. The molecule has 0 fully saturated rings. The summed E-state index contributed by atoms with van der Waals surface area (Å²) in [5.41, 5.74) is 0.108. The number of nitrogens with one attached hydrogen (secondary N) is 2. The Morgan fingerprint density at radius 3 is 1.80 bits per heavy atom. The first kappa shape index (κ1) is 34.7. The van der Waals surface area contributed by atoms with Crippen molar-refractivity contribution in [3.05, 3.63) is 91.4 Å². The predicted molar refractivity (Wildman–Crippen MR) is 172 cm³/mol. The number of nitrogens with zero attached hydrogens (tertiary/aromatic N) is 1. The molecule has 4 rings (SSSR count). The van der Waals surface area contributed by atoms with E-state index in [1.54, 1.807) is 26.0 Å². The summed E-state index contributed by atoms with van der Waals surface area (Å²) in [5.74, 6) is -5.15. The molecule has 0 bridgehead atoms. The van der Waals surface area contributed by atoms with Gasteiger partial charge in [-0.25, -0.2) is 9.59 Å². The number of benzene rings is 3. The number of rotatable bonds is 11. The highest BCUT2D eigenvalue weighted by molar-refractivity contribution is 6.44. The number of ether oxygens (including phenoxy) is 2. The number of imide groups is 1. The van der Waals surface area contributed by atoms with Crippen molar-refractivity contribution < 1.29 is 38.2 Å². The number of amides is 4. The van der Waals surface area contributed by atoms with Crippen LogP contribution in [0.5, 0.6) is 0 Å². The van der Waals surface area contributed by atoms with Crippen LogP contribution in [0.25, 0.3) is 0 Å². The smallest absolute Gasteiger partial charge is 0.338 e. The van der Waals surface area contributed by atoms with Crippen LogP contribution in [0.2, 0.25) is 20.1 Å². The van der Waals surface area contributed by atoms with Crippen LogP contribution in [0.1, 0.15) is 51.3 Å². The molecule has 15 heteroatoms. The fourth-order valence-corrected chi connectivity index (χ4v) is 5.14. The molecule has 4 amide bonds. The monoisotopic (exact) mass is 707 g/mol. The van der Waals surface area contributed by atoms with Crippen LogP contribution in [0.3, 0.4) is 0 Å². The molecular weight excluding hydrogens is 684 g/mol. The number of carbonyl (C=O) groups is 6. The lowest BCUT2D eigenvalue weighted by Crippen LogP contribution is -2.46. The Labute approximate surface area is 283 Å². The van der Waals surface area contributed by atoms with E-state index in [1.165, 1.54) is 36.4 Å². The van der Waals surface area contributed by atoms with E-state index in [0.29, 0.717) is 0 Å². The van der Waals surface area contributed by atoms with Crippen LogP contribution < -0.4 is 10.6 Å². The highest BCUT2D eigenvalue weighted by Crippen LogP contribution is 2.31. The van der Waals surface area contributed by atoms with Crippen molar-refractivity contribution in [2.24, 2.45) is 5.92 Å². The van der Waals surface area contributed by atoms with E-state index in [2.05, 4.69) is 10.6 Å². The first-order chi connectivity index (χ1) is 21.8. The van der Waals surface area contributed by atoms with Gasteiger partial charge in [0.05, 0.1) is 48.2 Å². The summed E-state index contributed by atoms with van der Waals surface area (Å²) in [6, 6.07) is 11.5. The summed E-state index contributed by atoms with van der Waals surface area (Å²) in [7, 11) is 0. The lowest BCUT2D eigenvalue weighted by Gasteiger charge is -2.25. The topological polar surface area (TPSA) is 148 Å². The van der Waals surface area contributed by atoms with E-state index in [4.69, 9.17) is 55.9 Å². The third kappa shape index (κ3) is 7.97. The van der Waals surface area contributed by atoms with Gasteiger partial charge in [0.2, 0.25) is 0 Å². The predicted octanol–water partition coefficient (Wildman–Crippen LogP) is 6.29. The van der Waals surface area contributed by atoms with Gasteiger partial charge in [0, 0.05) is 0 Å². The Morgan fingerprint density at radius 1 is 0.739 bits per heavy atom. The number of halogens is 4. The maximum atomic E-state index is 13.4. The zero-order valence-electron chi connectivity index (χ0n) is 24.2. The number of anilines is 2. The number of esters is 2. The lowest BCUT2D eigenvalue weighted by molar-refractivity contribution is -0.151. The summed E-state index contributed by atoms with van der Waals surface area (Å²) >= 11 is 24.0. The second-order valence-electron chi connectivity index (χ2n) is 10.4. The standard InChI is InChI=1S/C31H25Cl4N3O8/c1-15(2)11-23(31(44)46-14-25(40)37-22-8-4-6-20(33)27(22)35)38-28(41)17-10-9-16(12-18(17)29(38)42)30(43)45-13-24(39)36-21-7-3-5-19(32)26(21)34/h3-10,12,15,23H,11,13-14H2,1-2H3,(H,36,39)(H,37,40). The van der Waals surface area contributed by atoms with Gasteiger partial charge in [-0.2, -0.15) is 0 Å². The minimum absolute atomic E-state index is 0.0344. The molecule has 1 aliphatic heterocycles. The maximum Gasteiger partial charge on any atom is 0.338 e. The molecule has 1 unspecified atom stereocenters. The molecule has 3 aromatic rings. The van der Waals surface area contributed by atoms with Crippen molar-refractivity contribution in [1.29, 1.82) is 0 Å². The number of fused-ring (bicyclic) bond motifs is 1. The highest BCUT2D eigenvalue weighted by Gasteiger charge is 2.44. The largest absolute Gasteiger partial charge is 0.454 e. The minimum Gasteiger partial charge on any atom is -0.454 e. The van der Waals surface area contributed by atoms with E-state index in [0.717, 1.165) is 11.0 Å². The van der Waals surface area contributed by atoms with Gasteiger partial charge in [-0.3, -0.25) is 24.1 Å². The molecule has 1 atom stereocenters. The molecule has 1 aliphatic rings. The van der Waals surface area contributed by atoms with Crippen molar-refractivity contribution in [1.82, 2.24) is 4.90 Å². The summed E-state index contributed by atoms with van der Waals surface area (Å²) in [6.45, 7) is 2.14. The fourth-order valence-electron chi connectivity index (χ4n) is 4.44. The minimum atomic E-state index is -1.37. The van der Waals surface area contributed by atoms with Crippen molar-refractivity contribution in [2.75, 3.05) is 23.8 Å². The summed E-state index contributed by atoms with van der Waals surface area (Å²) in [4.78, 5) is 78.1. The Balaban J connectivity index is 1.42. The number of hydrogen-bond acceptors (Lipinski definition) is 8. The quantitative estimate of drug-likeness (QED) is 0.175. The molecule has 0 aliphatic carbocycles. The van der Waals surface area contributed by atoms with Gasteiger partial charge in [-0.15, -0.1) is 0 Å². The van der Waals surface area contributed by atoms with Crippen molar-refractivity contribution in [2.45, 2.75) is 26.3 Å². The molecule has 46 heavy (non-hydrogen) atoms. The van der Waals surface area contributed by atoms with Crippen molar-refractivity contribution >= 4 is 93.3 Å². The van der Waals surface area contributed by atoms with Crippen LogP contribution in [-0.2, 0) is 23.9 Å². The zero-order valence-corrected chi connectivity index (χ0v) is 27.2. The Hall–Kier alpha value is -4.16. The van der Waals surface area contributed by atoms with Crippen molar-refractivity contribution in [3.8, 4) is 0 Å². The van der Waals surface area contributed by atoms with Gasteiger partial charge in [0.15, 0.2) is 13.2 Å². The first-order valence-corrected chi connectivity index (χ1v) is 15.1. The Morgan fingerprint density at radius 2 is 1.26 bits per heavy atom. The van der Waals surface area contributed by atoms with E-state index in [-0.39, 0.29) is 60.5 Å². The molecule has 1 heterocycles. The highest BCUT2D eigenvalue weighted by atomic mass is 35.5. The second-order valence-corrected chi connectivity index (χ2v) is 11.9. The second kappa shape index (κ2) is 15.0. The summed E-state index contributed by atoms with van der Waals surface area (Å²) in [6.07, 6.45) is 0.0344. The molecular formula is C31H25Cl4N3O8. The summed E-state index contributed by atoms with van der Waals surface area (Å²) < 4.78 is 10.3. The molecule has 3 aromatic carbocycles. The molecule has 240 valence electrons. The van der Waals surface area contributed by atoms with E-state index >= 15 is 0 Å². The molecule has 11 nitrogen and oxygen atoms in total. The van der Waals surface area contributed by atoms with Gasteiger partial charge in [-0.05, 0) is 54.8 Å². The first-order valence-electron chi connectivity index (χ1n) is 13.6. The number of hydrogen-bond donors (Lipinski definition) is 2. The molecule has 0 saturated carbocycles. The van der Waals surface area contributed by atoms with E-state index in [9.17, 15) is 28.8 Å². The third-order valence-electron chi connectivity index (χ3n) is 6.56. The van der Waals surface area contributed by atoms with Crippen LogP contribution in [0.15, 0.2) is 54.6 Å². The van der Waals surface area contributed by atoms with E-state index < -0.39 is 54.8 Å². The molecule has 0 spiro atoms. The average molecular weight is 709 g/mol. The van der Waals surface area contributed by atoms with Gasteiger partial charge in [0.25, 0.3) is 23.6 Å². The fraction of sp³-hybridized carbons (Fsp3) is 0.226. The maximum absolute atomic E-state index is 13.4. The Bertz CT molecular complexity index is 1750. The lowest BCUT2D eigenvalue weighted by atomic mass is 10.0. The SMILES string of the molecule is CC(C)CC(C(=O)OCC(=O)Nc1cccc(Cl)c1Cl)N1C(=O)c2ccc(C(=O)OCC(=O)Nc3cccc(Cl)c3Cl)cc2C1=O. The Kier molecular flexibility index (Phi) is 11.3. The van der Waals surface area contributed by atoms with Gasteiger partial charge >= 0.3 is 11.9 Å². The zero-order chi connectivity index (χ0) is 33.7. The molecule has 0 aromatic heterocycles. The van der Waals surface area contributed by atoms with Gasteiger partial charge in [0.1, 0.15) is 6.04 Å².